The van der Waals surface area contributed by atoms with Gasteiger partial charge in [-0.05, 0) is 62.1 Å². The molecule has 3 amide bonds. The molecule has 2 aromatic carbocycles. The molecule has 2 bridgehead atoms. The Morgan fingerprint density at radius 2 is 1.71 bits per heavy atom. The smallest absolute Gasteiger partial charge is 0.246 e. The van der Waals surface area contributed by atoms with Crippen molar-refractivity contribution in [1.29, 1.82) is 0 Å². The molecule has 7 nitrogen and oxygen atoms in total. The second kappa shape index (κ2) is 10.9. The fraction of sp³-hybridized carbons (Fsp3) is 0.452. The molecule has 216 valence electrons. The molecule has 1 saturated carbocycles. The minimum Gasteiger partial charge on any atom is -0.356 e. The predicted octanol–water partition coefficient (Wildman–Crippen LogP) is 5.82. The minimum absolute atomic E-state index is 0.0619. The van der Waals surface area contributed by atoms with Crippen molar-refractivity contribution in [3.8, 4) is 0 Å². The van der Waals surface area contributed by atoms with E-state index in [1.807, 2.05) is 24.3 Å². The molecule has 0 radical (unpaired) electrons. The topological polar surface area (TPSA) is 87.7 Å². The lowest BCUT2D eigenvalue weighted by molar-refractivity contribution is -0.144. The monoisotopic (exact) mass is 615 g/mol. The zero-order chi connectivity index (χ0) is 28.9. The van der Waals surface area contributed by atoms with Crippen molar-refractivity contribution in [1.82, 2.24) is 10.2 Å². The highest BCUT2D eigenvalue weighted by Crippen LogP contribution is 2.59. The highest BCUT2D eigenvalue weighted by molar-refractivity contribution is 6.42. The maximum Gasteiger partial charge on any atom is 0.246 e. The lowest BCUT2D eigenvalue weighted by Crippen LogP contribution is -2.57. The number of nitrogens with zero attached hydrogens (tertiary/aromatic N) is 1. The number of amides is 3. The summed E-state index contributed by atoms with van der Waals surface area (Å²) in [4.78, 5) is 43.7. The molecule has 5 atom stereocenters. The van der Waals surface area contributed by atoms with Crippen molar-refractivity contribution in [2.45, 2.75) is 68.7 Å². The minimum atomic E-state index is -1.25. The maximum atomic E-state index is 14.3. The molecule has 4 aliphatic rings. The summed E-state index contributed by atoms with van der Waals surface area (Å²) >= 11 is 18.3. The number of nitrogens with one attached hydrogen (secondary N) is 2. The van der Waals surface area contributed by atoms with Crippen LogP contribution in [0, 0.1) is 11.8 Å². The van der Waals surface area contributed by atoms with Gasteiger partial charge < -0.3 is 20.3 Å². The molecular formula is C31H32Cl3N3O4. The zero-order valence-electron chi connectivity index (χ0n) is 22.7. The van der Waals surface area contributed by atoms with Gasteiger partial charge in [0.2, 0.25) is 17.7 Å². The maximum absolute atomic E-state index is 14.3. The Kier molecular flexibility index (Phi) is 7.60. The summed E-state index contributed by atoms with van der Waals surface area (Å²) in [6.45, 7) is 2.10. The molecule has 10 heteroatoms. The van der Waals surface area contributed by atoms with E-state index in [1.165, 1.54) is 0 Å². The van der Waals surface area contributed by atoms with Gasteiger partial charge in [-0.25, -0.2) is 0 Å². The molecule has 6 rings (SSSR count). The van der Waals surface area contributed by atoms with E-state index < -0.39 is 29.1 Å². The van der Waals surface area contributed by atoms with Gasteiger partial charge in [-0.2, -0.15) is 0 Å². The van der Waals surface area contributed by atoms with Crippen molar-refractivity contribution in [3.05, 3.63) is 75.2 Å². The average molecular weight is 617 g/mol. The van der Waals surface area contributed by atoms with Gasteiger partial charge in [-0.1, -0.05) is 78.4 Å². The number of carbonyl (C=O) groups is 3. The van der Waals surface area contributed by atoms with Crippen LogP contribution in [-0.4, -0.2) is 52.5 Å². The molecule has 2 saturated heterocycles. The van der Waals surface area contributed by atoms with Crippen LogP contribution in [0.1, 0.15) is 44.6 Å². The van der Waals surface area contributed by atoms with E-state index in [-0.39, 0.29) is 23.8 Å². The summed E-state index contributed by atoms with van der Waals surface area (Å²) in [5.41, 5.74) is -0.841. The highest BCUT2D eigenvalue weighted by atomic mass is 35.5. The SMILES string of the molecule is C[C@@]12C=C[C@]3(O1)[C@H](C(=O)N(CCc1ccc(Cl)cc1)[C@@H]3C(=O)NC1CCCCC1)[C@H]2C(=O)Nc1ccc(Cl)c(Cl)c1. The molecule has 1 spiro atoms. The van der Waals surface area contributed by atoms with Crippen molar-refractivity contribution in [2.75, 3.05) is 11.9 Å². The van der Waals surface area contributed by atoms with Crippen LogP contribution in [0.15, 0.2) is 54.6 Å². The predicted molar refractivity (Wildman–Crippen MR) is 159 cm³/mol. The Hall–Kier alpha value is -2.58. The number of hydrogen-bond acceptors (Lipinski definition) is 4. The van der Waals surface area contributed by atoms with Crippen molar-refractivity contribution >= 4 is 58.2 Å². The third-order valence-corrected chi connectivity index (χ3v) is 10.0. The summed E-state index contributed by atoms with van der Waals surface area (Å²) in [5.74, 6) is -2.57. The largest absolute Gasteiger partial charge is 0.356 e. The Morgan fingerprint density at radius 3 is 2.41 bits per heavy atom. The van der Waals surface area contributed by atoms with Gasteiger partial charge >= 0.3 is 0 Å². The van der Waals surface area contributed by atoms with Crippen LogP contribution < -0.4 is 10.6 Å². The Labute approximate surface area is 254 Å². The molecule has 0 aromatic heterocycles. The van der Waals surface area contributed by atoms with Gasteiger partial charge in [0.1, 0.15) is 11.6 Å². The first kappa shape index (κ1) is 28.5. The van der Waals surface area contributed by atoms with Crippen LogP contribution in [0.2, 0.25) is 15.1 Å². The molecule has 1 aliphatic carbocycles. The lowest BCUT2D eigenvalue weighted by Gasteiger charge is -2.34. The van der Waals surface area contributed by atoms with Gasteiger partial charge in [0.15, 0.2) is 0 Å². The molecule has 3 heterocycles. The normalized spacial score (nSPS) is 30.5. The summed E-state index contributed by atoms with van der Waals surface area (Å²) in [6.07, 6.45) is 9.31. The van der Waals surface area contributed by atoms with E-state index in [2.05, 4.69) is 10.6 Å². The fourth-order valence-electron chi connectivity index (χ4n) is 7.09. The van der Waals surface area contributed by atoms with E-state index in [1.54, 1.807) is 42.2 Å². The van der Waals surface area contributed by atoms with E-state index in [0.717, 1.165) is 37.7 Å². The summed E-state index contributed by atoms with van der Waals surface area (Å²) in [6, 6.07) is 11.4. The van der Waals surface area contributed by atoms with Gasteiger partial charge in [0, 0.05) is 23.3 Å². The summed E-state index contributed by atoms with van der Waals surface area (Å²) < 4.78 is 6.62. The first-order valence-electron chi connectivity index (χ1n) is 14.1. The molecule has 0 unspecified atom stereocenters. The second-order valence-corrected chi connectivity index (χ2v) is 13.0. The van der Waals surface area contributed by atoms with Crippen LogP contribution in [-0.2, 0) is 25.5 Å². The second-order valence-electron chi connectivity index (χ2n) is 11.7. The zero-order valence-corrected chi connectivity index (χ0v) is 24.9. The third-order valence-electron chi connectivity index (χ3n) is 9.02. The third kappa shape index (κ3) is 5.05. The van der Waals surface area contributed by atoms with Gasteiger partial charge in [0.25, 0.3) is 0 Å². The number of ether oxygens (including phenoxy) is 1. The molecular weight excluding hydrogens is 585 g/mol. The Morgan fingerprint density at radius 1 is 0.976 bits per heavy atom. The number of likely N-dealkylation sites (tertiary alicyclic amines) is 1. The van der Waals surface area contributed by atoms with Gasteiger partial charge in [-0.15, -0.1) is 0 Å². The molecule has 2 aromatic rings. The lowest BCUT2D eigenvalue weighted by atomic mass is 9.70. The number of anilines is 1. The first-order valence-corrected chi connectivity index (χ1v) is 15.3. The fourth-order valence-corrected chi connectivity index (χ4v) is 7.52. The molecule has 2 N–H and O–H groups in total. The van der Waals surface area contributed by atoms with Crippen LogP contribution in [0.25, 0.3) is 0 Å². The molecule has 41 heavy (non-hydrogen) atoms. The quantitative estimate of drug-likeness (QED) is 0.384. The number of fused-ring (bicyclic) bond motifs is 1. The first-order chi connectivity index (χ1) is 19.6. The van der Waals surface area contributed by atoms with E-state index >= 15 is 0 Å². The van der Waals surface area contributed by atoms with Crippen LogP contribution in [0.5, 0.6) is 0 Å². The molecule has 3 fully saturated rings. The van der Waals surface area contributed by atoms with Gasteiger partial charge in [0.05, 0.1) is 27.5 Å². The van der Waals surface area contributed by atoms with Crippen LogP contribution in [0.3, 0.4) is 0 Å². The molecule has 3 aliphatic heterocycles. The standard InChI is InChI=1S/C31H32Cl3N3O4/c1-30-14-15-31(41-30)25(24(30)27(38)36-21-11-12-22(33)23(34)17-21)29(40)37(16-13-18-7-9-19(32)10-8-18)26(31)28(39)35-20-5-3-2-4-6-20/h7-12,14-15,17,20,24-26H,2-6,13,16H2,1H3,(H,35,39)(H,36,38)/t24-,25-,26+,30-,31-/m0/s1. The van der Waals surface area contributed by atoms with Crippen molar-refractivity contribution in [3.63, 3.8) is 0 Å². The number of carbonyl (C=O) groups excluding carboxylic acids is 3. The summed E-state index contributed by atoms with van der Waals surface area (Å²) in [7, 11) is 0. The van der Waals surface area contributed by atoms with E-state index in [9.17, 15) is 14.4 Å². The number of hydrogen-bond donors (Lipinski definition) is 2. The Balaban J connectivity index is 1.32. The van der Waals surface area contributed by atoms with Crippen molar-refractivity contribution < 1.29 is 19.1 Å². The average Bonchev–Trinajstić information content (AvgIpc) is 3.51. The Bertz CT molecular complexity index is 1410. The summed E-state index contributed by atoms with van der Waals surface area (Å²) in [5, 5.41) is 7.43. The van der Waals surface area contributed by atoms with Crippen LogP contribution >= 0.6 is 34.8 Å². The van der Waals surface area contributed by atoms with E-state index in [4.69, 9.17) is 39.5 Å². The van der Waals surface area contributed by atoms with Crippen molar-refractivity contribution in [2.24, 2.45) is 11.8 Å². The number of rotatable bonds is 7. The number of halogens is 3. The number of benzene rings is 2. The van der Waals surface area contributed by atoms with Crippen LogP contribution in [0.4, 0.5) is 5.69 Å². The van der Waals surface area contributed by atoms with Gasteiger partial charge in [-0.3, -0.25) is 14.4 Å². The van der Waals surface area contributed by atoms with E-state index in [0.29, 0.717) is 33.7 Å². The highest BCUT2D eigenvalue weighted by Gasteiger charge is 2.76.